The fourth-order valence-electron chi connectivity index (χ4n) is 11.2. The Labute approximate surface area is 489 Å². The normalized spacial score (nSPS) is 13.0. The number of carbonyl (C=O) groups excluding carboxylic acids is 1. The zero-order valence-electron chi connectivity index (χ0n) is 53.0. The van der Waals surface area contributed by atoms with E-state index in [0.717, 1.165) is 57.8 Å². The molecule has 0 aromatic heterocycles. The van der Waals surface area contributed by atoms with E-state index in [1.54, 1.807) is 0 Å². The van der Waals surface area contributed by atoms with E-state index in [0.29, 0.717) is 12.8 Å². The maximum atomic E-state index is 12.6. The molecule has 4 nitrogen and oxygen atoms in total. The van der Waals surface area contributed by atoms with E-state index < -0.39 is 12.1 Å². The van der Waals surface area contributed by atoms with Gasteiger partial charge in [-0.2, -0.15) is 0 Å². The largest absolute Gasteiger partial charge is 0.394 e. The third kappa shape index (κ3) is 64.9. The summed E-state index contributed by atoms with van der Waals surface area (Å²) in [6.07, 6.45) is 98.6. The molecule has 2 unspecified atom stereocenters. The number of hydrogen-bond donors (Lipinski definition) is 3. The lowest BCUT2D eigenvalue weighted by Crippen LogP contribution is -2.45. The molecule has 0 spiro atoms. The van der Waals surface area contributed by atoms with Crippen molar-refractivity contribution in [1.82, 2.24) is 5.32 Å². The molecule has 1 amide bonds. The molecule has 0 aromatic carbocycles. The fraction of sp³-hybridized carbons (Fsp3) is 0.851. The van der Waals surface area contributed by atoms with Crippen molar-refractivity contribution in [3.63, 3.8) is 0 Å². The summed E-state index contributed by atoms with van der Waals surface area (Å²) >= 11 is 0. The summed E-state index contributed by atoms with van der Waals surface area (Å²) in [6, 6.07) is -0.539. The second-order valence-corrected chi connectivity index (χ2v) is 24.3. The number of carbonyl (C=O) groups is 1. The van der Waals surface area contributed by atoms with Crippen molar-refractivity contribution in [1.29, 1.82) is 0 Å². The molecule has 0 aliphatic heterocycles. The number of allylic oxidation sites excluding steroid dienone is 10. The van der Waals surface area contributed by atoms with Crippen LogP contribution in [0.25, 0.3) is 0 Å². The van der Waals surface area contributed by atoms with Gasteiger partial charge < -0.3 is 15.5 Å². The van der Waals surface area contributed by atoms with Crippen molar-refractivity contribution in [3.8, 4) is 0 Å². The average molecular weight is 1090 g/mol. The zero-order valence-corrected chi connectivity index (χ0v) is 53.0. The molecule has 78 heavy (non-hydrogen) atoms. The van der Waals surface area contributed by atoms with Gasteiger partial charge in [0, 0.05) is 6.42 Å². The first-order valence-electron chi connectivity index (χ1n) is 35.5. The molecule has 0 bridgehead atoms. The summed E-state index contributed by atoms with van der Waals surface area (Å²) < 4.78 is 0. The van der Waals surface area contributed by atoms with Crippen LogP contribution < -0.4 is 5.32 Å². The summed E-state index contributed by atoms with van der Waals surface area (Å²) in [6.45, 7) is 4.29. The molecule has 4 heteroatoms. The van der Waals surface area contributed by atoms with Crippen LogP contribution in [0.5, 0.6) is 0 Å². The van der Waals surface area contributed by atoms with Crippen molar-refractivity contribution in [2.45, 2.75) is 398 Å². The highest BCUT2D eigenvalue weighted by Gasteiger charge is 2.20. The topological polar surface area (TPSA) is 69.6 Å². The SMILES string of the molecule is CC/C=C\C/C=C\C/C=C\C/C=C\C/C=C\CCCCCCCCCCCCCCCCCCCCCC(=O)NC(CO)C(O)CCCCCCCCCCCCCCCCCCCCCCCCCCCCCCCCC. The first-order chi connectivity index (χ1) is 38.7. The lowest BCUT2D eigenvalue weighted by Gasteiger charge is -2.22. The maximum Gasteiger partial charge on any atom is 0.220 e. The van der Waals surface area contributed by atoms with Crippen LogP contribution in [0.2, 0.25) is 0 Å². The molecule has 0 aliphatic carbocycles. The molecule has 0 rings (SSSR count). The van der Waals surface area contributed by atoms with E-state index in [9.17, 15) is 15.0 Å². The van der Waals surface area contributed by atoms with Gasteiger partial charge in [-0.1, -0.05) is 383 Å². The van der Waals surface area contributed by atoms with Crippen molar-refractivity contribution < 1.29 is 15.0 Å². The summed E-state index contributed by atoms with van der Waals surface area (Å²) in [5, 5.41) is 23.5. The standard InChI is InChI=1S/C74H139NO3/c1-3-5-7-9-11-13-15-17-19-21-23-25-27-29-31-33-35-36-37-38-40-42-44-46-48-50-52-54-56-58-60-62-64-66-68-70-74(78)75-72(71-76)73(77)69-67-65-63-61-59-57-55-53-51-49-47-45-43-41-39-34-32-30-28-26-24-22-20-18-16-14-12-10-8-6-4-2/h5,7,11,13,17,19,23,25,29,31,72-73,76-77H,3-4,6,8-10,12,14-16,18,20-22,24,26-28,30,32-71H2,1-2H3,(H,75,78)/b7-5-,13-11-,19-17-,25-23-,31-29-. The van der Waals surface area contributed by atoms with Gasteiger partial charge in [0.15, 0.2) is 0 Å². The van der Waals surface area contributed by atoms with Gasteiger partial charge in [0.05, 0.1) is 18.8 Å². The summed E-state index contributed by atoms with van der Waals surface area (Å²) in [4.78, 5) is 12.6. The Morgan fingerprint density at radius 2 is 0.564 bits per heavy atom. The van der Waals surface area contributed by atoms with Crippen molar-refractivity contribution in [2.24, 2.45) is 0 Å². The summed E-state index contributed by atoms with van der Waals surface area (Å²) in [5.74, 6) is -0.0246. The van der Waals surface area contributed by atoms with E-state index in [2.05, 4.69) is 79.9 Å². The number of unbranched alkanes of at least 4 members (excludes halogenated alkanes) is 49. The van der Waals surface area contributed by atoms with Crippen LogP contribution >= 0.6 is 0 Å². The van der Waals surface area contributed by atoms with Gasteiger partial charge in [-0.3, -0.25) is 4.79 Å². The van der Waals surface area contributed by atoms with Crippen LogP contribution in [-0.4, -0.2) is 34.9 Å². The van der Waals surface area contributed by atoms with Crippen molar-refractivity contribution in [2.75, 3.05) is 6.61 Å². The highest BCUT2D eigenvalue weighted by atomic mass is 16.3. The van der Waals surface area contributed by atoms with Gasteiger partial charge in [-0.15, -0.1) is 0 Å². The molecule has 0 saturated carbocycles. The molecule has 0 fully saturated rings. The van der Waals surface area contributed by atoms with Crippen LogP contribution in [0.3, 0.4) is 0 Å². The fourth-order valence-corrected chi connectivity index (χ4v) is 11.2. The molecule has 0 heterocycles. The van der Waals surface area contributed by atoms with Crippen LogP contribution in [0.15, 0.2) is 60.8 Å². The zero-order chi connectivity index (χ0) is 56.2. The number of hydrogen-bond acceptors (Lipinski definition) is 3. The van der Waals surface area contributed by atoms with Gasteiger partial charge in [0.2, 0.25) is 5.91 Å². The smallest absolute Gasteiger partial charge is 0.220 e. The molecule has 0 radical (unpaired) electrons. The second-order valence-electron chi connectivity index (χ2n) is 24.3. The highest BCUT2D eigenvalue weighted by Crippen LogP contribution is 2.19. The minimum Gasteiger partial charge on any atom is -0.394 e. The maximum absolute atomic E-state index is 12.6. The van der Waals surface area contributed by atoms with Crippen molar-refractivity contribution >= 4 is 5.91 Å². The van der Waals surface area contributed by atoms with Gasteiger partial charge in [0.1, 0.15) is 0 Å². The van der Waals surface area contributed by atoms with Gasteiger partial charge in [0.25, 0.3) is 0 Å². The predicted molar refractivity (Wildman–Crippen MR) is 350 cm³/mol. The molecular formula is C74H139NO3. The minimum atomic E-state index is -0.662. The first kappa shape index (κ1) is 76.1. The van der Waals surface area contributed by atoms with Gasteiger partial charge >= 0.3 is 0 Å². The number of rotatable bonds is 66. The third-order valence-electron chi connectivity index (χ3n) is 16.5. The molecule has 2 atom stereocenters. The van der Waals surface area contributed by atoms with Crippen molar-refractivity contribution in [3.05, 3.63) is 60.8 Å². The molecular weight excluding hydrogens is 951 g/mol. The van der Waals surface area contributed by atoms with Crippen LogP contribution in [0, 0.1) is 0 Å². The van der Waals surface area contributed by atoms with Crippen LogP contribution in [0.1, 0.15) is 386 Å². The van der Waals surface area contributed by atoms with Crippen LogP contribution in [-0.2, 0) is 4.79 Å². The molecule has 0 aliphatic rings. The van der Waals surface area contributed by atoms with Crippen LogP contribution in [0.4, 0.5) is 0 Å². The number of aliphatic hydroxyl groups is 2. The molecule has 458 valence electrons. The quantitative estimate of drug-likeness (QED) is 0.0420. The Hall–Kier alpha value is -1.91. The lowest BCUT2D eigenvalue weighted by atomic mass is 10.0. The van der Waals surface area contributed by atoms with Gasteiger partial charge in [-0.05, 0) is 57.8 Å². The van der Waals surface area contributed by atoms with E-state index in [4.69, 9.17) is 0 Å². The molecule has 0 saturated heterocycles. The molecule has 0 aromatic rings. The second kappa shape index (κ2) is 69.4. The van der Waals surface area contributed by atoms with E-state index >= 15 is 0 Å². The Bertz CT molecular complexity index is 1280. The molecule has 3 N–H and O–H groups in total. The Balaban J connectivity index is 3.40. The van der Waals surface area contributed by atoms with E-state index in [1.807, 2.05) is 0 Å². The summed E-state index contributed by atoms with van der Waals surface area (Å²) in [7, 11) is 0. The monoisotopic (exact) mass is 1090 g/mol. The lowest BCUT2D eigenvalue weighted by molar-refractivity contribution is -0.123. The predicted octanol–water partition coefficient (Wildman–Crippen LogP) is 24.3. The van der Waals surface area contributed by atoms with Gasteiger partial charge in [-0.25, -0.2) is 0 Å². The van der Waals surface area contributed by atoms with E-state index in [1.165, 1.54) is 302 Å². The minimum absolute atomic E-state index is 0.0246. The van der Waals surface area contributed by atoms with E-state index in [-0.39, 0.29) is 12.5 Å². The average Bonchev–Trinajstić information content (AvgIpc) is 3.44. The Morgan fingerprint density at radius 1 is 0.321 bits per heavy atom. The third-order valence-corrected chi connectivity index (χ3v) is 16.5. The summed E-state index contributed by atoms with van der Waals surface area (Å²) in [5.41, 5.74) is 0. The number of nitrogens with one attached hydrogen (secondary N) is 1. The Morgan fingerprint density at radius 3 is 0.846 bits per heavy atom. The number of aliphatic hydroxyl groups excluding tert-OH is 2. The number of amides is 1. The first-order valence-corrected chi connectivity index (χ1v) is 35.5. The highest BCUT2D eigenvalue weighted by molar-refractivity contribution is 5.76. The Kier molecular flexibility index (Phi) is 67.7.